The van der Waals surface area contributed by atoms with E-state index in [1.165, 1.54) is 5.56 Å². The fourth-order valence-electron chi connectivity index (χ4n) is 2.96. The van der Waals surface area contributed by atoms with Crippen LogP contribution < -0.4 is 4.74 Å². The highest BCUT2D eigenvalue weighted by atomic mass is 35.5. The van der Waals surface area contributed by atoms with Crippen molar-refractivity contribution in [3.8, 4) is 5.75 Å². The Labute approximate surface area is 172 Å². The van der Waals surface area contributed by atoms with E-state index in [2.05, 4.69) is 21.1 Å². The molecule has 1 aliphatic rings. The van der Waals surface area contributed by atoms with Crippen molar-refractivity contribution >= 4 is 36.3 Å². The van der Waals surface area contributed by atoms with Gasteiger partial charge in [-0.1, -0.05) is 48.0 Å². The third kappa shape index (κ3) is 6.28. The van der Waals surface area contributed by atoms with Gasteiger partial charge in [0.25, 0.3) is 0 Å². The van der Waals surface area contributed by atoms with Crippen molar-refractivity contribution in [1.29, 1.82) is 0 Å². The predicted molar refractivity (Wildman–Crippen MR) is 116 cm³/mol. The summed E-state index contributed by atoms with van der Waals surface area (Å²) in [4.78, 5) is 2.41. The normalized spacial score (nSPS) is 15.3. The van der Waals surface area contributed by atoms with Gasteiger partial charge in [-0.25, -0.2) is 0 Å². The Kier molecular flexibility index (Phi) is 8.65. The molecule has 0 amide bonds. The number of rotatable bonds is 6. The van der Waals surface area contributed by atoms with Crippen molar-refractivity contribution in [1.82, 2.24) is 9.91 Å². The van der Waals surface area contributed by atoms with Crippen LogP contribution in [0.25, 0.3) is 6.08 Å². The maximum atomic E-state index is 6.25. The number of para-hydroxylation sites is 1. The SMILES string of the molecule is COc1ccccc1/C=C/C=N\N1CCN(Cc2ccccc2Cl)CC1.Cl. The van der Waals surface area contributed by atoms with Crippen LogP contribution in [0.5, 0.6) is 5.75 Å². The lowest BCUT2D eigenvalue weighted by Gasteiger charge is -2.33. The predicted octanol–water partition coefficient (Wildman–Crippen LogP) is 4.59. The summed E-state index contributed by atoms with van der Waals surface area (Å²) in [5, 5.41) is 7.49. The molecule has 27 heavy (non-hydrogen) atoms. The molecule has 0 aromatic heterocycles. The summed E-state index contributed by atoms with van der Waals surface area (Å²) < 4.78 is 5.34. The first-order valence-corrected chi connectivity index (χ1v) is 9.18. The third-order valence-corrected chi connectivity index (χ3v) is 4.80. The van der Waals surface area contributed by atoms with Crippen LogP contribution in [0.2, 0.25) is 5.02 Å². The second kappa shape index (κ2) is 11.0. The van der Waals surface area contributed by atoms with Gasteiger partial charge in [0.05, 0.1) is 7.11 Å². The molecule has 0 atom stereocenters. The lowest BCUT2D eigenvalue weighted by Crippen LogP contribution is -2.43. The van der Waals surface area contributed by atoms with E-state index in [9.17, 15) is 0 Å². The van der Waals surface area contributed by atoms with Gasteiger partial charge < -0.3 is 4.74 Å². The van der Waals surface area contributed by atoms with Gasteiger partial charge in [0.2, 0.25) is 0 Å². The van der Waals surface area contributed by atoms with Crippen molar-refractivity contribution in [2.24, 2.45) is 5.10 Å². The maximum absolute atomic E-state index is 6.25. The molecule has 0 N–H and O–H groups in total. The molecule has 144 valence electrons. The van der Waals surface area contributed by atoms with Crippen LogP contribution in [0.1, 0.15) is 11.1 Å². The molecule has 3 rings (SSSR count). The van der Waals surface area contributed by atoms with E-state index in [1.54, 1.807) is 7.11 Å². The lowest BCUT2D eigenvalue weighted by molar-refractivity contribution is 0.131. The number of halogens is 2. The zero-order valence-corrected chi connectivity index (χ0v) is 17.0. The minimum absolute atomic E-state index is 0. The number of hydrogen-bond donors (Lipinski definition) is 0. The summed E-state index contributed by atoms with van der Waals surface area (Å²) in [7, 11) is 1.68. The van der Waals surface area contributed by atoms with E-state index >= 15 is 0 Å². The molecule has 4 nitrogen and oxygen atoms in total. The van der Waals surface area contributed by atoms with Crippen LogP contribution in [-0.2, 0) is 6.54 Å². The molecule has 0 unspecified atom stereocenters. The summed E-state index contributed by atoms with van der Waals surface area (Å²) in [6.07, 6.45) is 5.81. The van der Waals surface area contributed by atoms with Gasteiger partial charge in [0.1, 0.15) is 5.75 Å². The lowest BCUT2D eigenvalue weighted by atomic mass is 10.2. The number of benzene rings is 2. The number of nitrogens with zero attached hydrogens (tertiary/aromatic N) is 3. The fourth-order valence-corrected chi connectivity index (χ4v) is 3.16. The van der Waals surface area contributed by atoms with Crippen molar-refractivity contribution in [3.63, 3.8) is 0 Å². The summed E-state index contributed by atoms with van der Waals surface area (Å²) in [5.74, 6) is 0.866. The van der Waals surface area contributed by atoms with Gasteiger partial charge >= 0.3 is 0 Å². The topological polar surface area (TPSA) is 28.1 Å². The zero-order chi connectivity index (χ0) is 18.2. The maximum Gasteiger partial charge on any atom is 0.126 e. The van der Waals surface area contributed by atoms with Gasteiger partial charge in [0, 0.05) is 49.5 Å². The van der Waals surface area contributed by atoms with Gasteiger partial charge in [0.15, 0.2) is 0 Å². The standard InChI is InChI=1S/C21H24ClN3O.ClH/c1-26-21-11-5-3-7-18(21)9-6-12-23-25-15-13-24(14-16-25)17-19-8-2-4-10-20(19)22;/h2-12H,13-17H2,1H3;1H/b9-6+,23-12-;. The molecule has 1 heterocycles. The number of hydrazone groups is 1. The molecule has 2 aromatic carbocycles. The molecule has 0 bridgehead atoms. The van der Waals surface area contributed by atoms with Crippen LogP contribution in [0.4, 0.5) is 0 Å². The average molecular weight is 406 g/mol. The molecule has 1 aliphatic heterocycles. The number of ether oxygens (including phenoxy) is 1. The zero-order valence-electron chi connectivity index (χ0n) is 15.4. The van der Waals surface area contributed by atoms with Crippen LogP contribution in [0, 0.1) is 0 Å². The Morgan fingerprint density at radius 2 is 1.74 bits per heavy atom. The molecule has 0 spiro atoms. The number of methoxy groups -OCH3 is 1. The Morgan fingerprint density at radius 1 is 1.04 bits per heavy atom. The Hall–Kier alpha value is -2.01. The molecular weight excluding hydrogens is 381 g/mol. The van der Waals surface area contributed by atoms with Crippen LogP contribution >= 0.6 is 24.0 Å². The first-order chi connectivity index (χ1) is 12.8. The Bertz CT molecular complexity index is 772. The Morgan fingerprint density at radius 3 is 2.48 bits per heavy atom. The Balaban J connectivity index is 0.00000261. The second-order valence-electron chi connectivity index (χ2n) is 6.19. The summed E-state index contributed by atoms with van der Waals surface area (Å²) in [6.45, 7) is 4.70. The smallest absolute Gasteiger partial charge is 0.126 e. The molecule has 1 fully saturated rings. The highest BCUT2D eigenvalue weighted by molar-refractivity contribution is 6.31. The van der Waals surface area contributed by atoms with E-state index in [4.69, 9.17) is 16.3 Å². The molecule has 0 radical (unpaired) electrons. The average Bonchev–Trinajstić information content (AvgIpc) is 2.68. The van der Waals surface area contributed by atoms with Gasteiger partial charge in [-0.2, -0.15) is 5.10 Å². The minimum atomic E-state index is 0. The minimum Gasteiger partial charge on any atom is -0.496 e. The number of allylic oxidation sites excluding steroid dienone is 1. The van der Waals surface area contributed by atoms with Crippen molar-refractivity contribution in [2.45, 2.75) is 6.54 Å². The highest BCUT2D eigenvalue weighted by Gasteiger charge is 2.16. The van der Waals surface area contributed by atoms with Gasteiger partial charge in [-0.05, 0) is 29.8 Å². The van der Waals surface area contributed by atoms with Crippen molar-refractivity contribution in [2.75, 3.05) is 33.3 Å². The molecule has 0 saturated carbocycles. The first kappa shape index (κ1) is 21.3. The molecular formula is C21H25Cl2N3O. The van der Waals surface area contributed by atoms with E-state index in [0.717, 1.165) is 49.1 Å². The van der Waals surface area contributed by atoms with Crippen LogP contribution in [0.3, 0.4) is 0 Å². The first-order valence-electron chi connectivity index (χ1n) is 8.80. The summed E-state index contributed by atoms with van der Waals surface area (Å²) in [6, 6.07) is 16.0. The molecule has 6 heteroatoms. The highest BCUT2D eigenvalue weighted by Crippen LogP contribution is 2.19. The van der Waals surface area contributed by atoms with Gasteiger partial charge in [-0.15, -0.1) is 12.4 Å². The number of piperazine rings is 1. The molecule has 0 aliphatic carbocycles. The largest absolute Gasteiger partial charge is 0.496 e. The molecule has 2 aromatic rings. The fraction of sp³-hybridized carbons (Fsp3) is 0.286. The van der Waals surface area contributed by atoms with E-state index < -0.39 is 0 Å². The van der Waals surface area contributed by atoms with E-state index in [-0.39, 0.29) is 12.4 Å². The summed E-state index contributed by atoms with van der Waals surface area (Å²) >= 11 is 6.25. The van der Waals surface area contributed by atoms with Crippen LogP contribution in [0.15, 0.2) is 59.7 Å². The molecule has 1 saturated heterocycles. The van der Waals surface area contributed by atoms with Crippen molar-refractivity contribution in [3.05, 3.63) is 70.8 Å². The van der Waals surface area contributed by atoms with Crippen LogP contribution in [-0.4, -0.2) is 49.4 Å². The van der Waals surface area contributed by atoms with Crippen molar-refractivity contribution < 1.29 is 4.74 Å². The van der Waals surface area contributed by atoms with Gasteiger partial charge in [-0.3, -0.25) is 9.91 Å². The van der Waals surface area contributed by atoms with E-state index in [1.807, 2.05) is 60.8 Å². The second-order valence-corrected chi connectivity index (χ2v) is 6.59. The third-order valence-electron chi connectivity index (χ3n) is 4.43. The number of hydrogen-bond acceptors (Lipinski definition) is 4. The summed E-state index contributed by atoms with van der Waals surface area (Å²) in [5.41, 5.74) is 2.23. The quantitative estimate of drug-likeness (QED) is 0.657. The van der Waals surface area contributed by atoms with E-state index in [0.29, 0.717) is 0 Å². The monoisotopic (exact) mass is 405 g/mol.